The summed E-state index contributed by atoms with van der Waals surface area (Å²) >= 11 is 0. The third kappa shape index (κ3) is 4.31. The molecule has 5 nitrogen and oxygen atoms in total. The standard InChI is InChI=1S/C20H24N2O3/c1-20(2,3)15-6-4-5-7-16(15)22-19(23)12-21-11-14-8-9-17-18(10-14)25-13-24-17/h4-10,21H,11-13H2,1-3H3,(H,22,23). The minimum absolute atomic E-state index is 0.0240. The molecule has 0 spiro atoms. The molecule has 1 amide bonds. The van der Waals surface area contributed by atoms with E-state index in [4.69, 9.17) is 9.47 Å². The van der Waals surface area contributed by atoms with E-state index in [1.54, 1.807) is 0 Å². The van der Waals surface area contributed by atoms with E-state index < -0.39 is 0 Å². The largest absolute Gasteiger partial charge is 0.454 e. The van der Waals surface area contributed by atoms with Gasteiger partial charge in [-0.05, 0) is 34.7 Å². The fraction of sp³-hybridized carbons (Fsp3) is 0.350. The lowest BCUT2D eigenvalue weighted by Crippen LogP contribution is -2.28. The number of carbonyl (C=O) groups excluding carboxylic acids is 1. The molecule has 1 heterocycles. The molecule has 2 N–H and O–H groups in total. The Labute approximate surface area is 148 Å². The van der Waals surface area contributed by atoms with Gasteiger partial charge in [0.25, 0.3) is 0 Å². The van der Waals surface area contributed by atoms with Crippen LogP contribution >= 0.6 is 0 Å². The first-order valence-electron chi connectivity index (χ1n) is 8.42. The van der Waals surface area contributed by atoms with Crippen molar-refractivity contribution in [2.24, 2.45) is 0 Å². The SMILES string of the molecule is CC(C)(C)c1ccccc1NC(=O)CNCc1ccc2c(c1)OCO2. The highest BCUT2D eigenvalue weighted by molar-refractivity contribution is 5.93. The van der Waals surface area contributed by atoms with Crippen LogP contribution in [0.2, 0.25) is 0 Å². The maximum absolute atomic E-state index is 12.3. The van der Waals surface area contributed by atoms with Gasteiger partial charge >= 0.3 is 0 Å². The van der Waals surface area contributed by atoms with Gasteiger partial charge < -0.3 is 20.1 Å². The van der Waals surface area contributed by atoms with Crippen molar-refractivity contribution >= 4 is 11.6 Å². The molecule has 2 aromatic carbocycles. The van der Waals surface area contributed by atoms with Crippen LogP contribution in [0.4, 0.5) is 5.69 Å². The lowest BCUT2D eigenvalue weighted by molar-refractivity contribution is -0.115. The molecule has 0 atom stereocenters. The Morgan fingerprint density at radius 2 is 1.84 bits per heavy atom. The van der Waals surface area contributed by atoms with Gasteiger partial charge in [-0.3, -0.25) is 4.79 Å². The highest BCUT2D eigenvalue weighted by atomic mass is 16.7. The molecule has 132 valence electrons. The number of rotatable bonds is 5. The van der Waals surface area contributed by atoms with Crippen molar-refractivity contribution in [1.82, 2.24) is 5.32 Å². The number of amides is 1. The number of para-hydroxylation sites is 1. The summed E-state index contributed by atoms with van der Waals surface area (Å²) < 4.78 is 10.7. The van der Waals surface area contributed by atoms with Crippen LogP contribution in [0.25, 0.3) is 0 Å². The number of anilines is 1. The molecule has 0 aliphatic carbocycles. The molecule has 0 radical (unpaired) electrons. The van der Waals surface area contributed by atoms with Crippen molar-refractivity contribution in [1.29, 1.82) is 0 Å². The van der Waals surface area contributed by atoms with Crippen molar-refractivity contribution in [3.05, 3.63) is 53.6 Å². The predicted molar refractivity (Wildman–Crippen MR) is 98.0 cm³/mol. The molecule has 5 heteroatoms. The normalized spacial score (nSPS) is 12.9. The van der Waals surface area contributed by atoms with Crippen LogP contribution in [-0.4, -0.2) is 19.2 Å². The first-order valence-corrected chi connectivity index (χ1v) is 8.42. The van der Waals surface area contributed by atoms with Crippen LogP contribution in [0.3, 0.4) is 0 Å². The van der Waals surface area contributed by atoms with Crippen LogP contribution < -0.4 is 20.1 Å². The topological polar surface area (TPSA) is 59.6 Å². The highest BCUT2D eigenvalue weighted by Gasteiger charge is 2.18. The Morgan fingerprint density at radius 3 is 2.64 bits per heavy atom. The summed E-state index contributed by atoms with van der Waals surface area (Å²) in [5.74, 6) is 1.46. The Kier molecular flexibility index (Phi) is 4.95. The average molecular weight is 340 g/mol. The van der Waals surface area contributed by atoms with Crippen molar-refractivity contribution < 1.29 is 14.3 Å². The molecular formula is C20H24N2O3. The van der Waals surface area contributed by atoms with Gasteiger partial charge in [0, 0.05) is 12.2 Å². The first-order chi connectivity index (χ1) is 11.9. The summed E-state index contributed by atoms with van der Waals surface area (Å²) in [6.45, 7) is 7.50. The van der Waals surface area contributed by atoms with E-state index in [2.05, 4.69) is 37.5 Å². The zero-order valence-corrected chi connectivity index (χ0v) is 14.9. The third-order valence-corrected chi connectivity index (χ3v) is 4.06. The van der Waals surface area contributed by atoms with Crippen LogP contribution in [0.15, 0.2) is 42.5 Å². The summed E-state index contributed by atoms with van der Waals surface area (Å²) in [4.78, 5) is 12.3. The van der Waals surface area contributed by atoms with Gasteiger partial charge in [0.1, 0.15) is 0 Å². The molecule has 0 fully saturated rings. The van der Waals surface area contributed by atoms with Gasteiger partial charge in [0.15, 0.2) is 11.5 Å². The maximum Gasteiger partial charge on any atom is 0.238 e. The van der Waals surface area contributed by atoms with Crippen LogP contribution in [0, 0.1) is 0 Å². The predicted octanol–water partition coefficient (Wildman–Crippen LogP) is 3.44. The lowest BCUT2D eigenvalue weighted by Gasteiger charge is -2.23. The number of benzene rings is 2. The summed E-state index contributed by atoms with van der Waals surface area (Å²) in [5, 5.41) is 6.16. The average Bonchev–Trinajstić information content (AvgIpc) is 3.02. The molecule has 1 aliphatic heterocycles. The smallest absolute Gasteiger partial charge is 0.238 e. The molecule has 1 aliphatic rings. The molecule has 0 bridgehead atoms. The summed E-state index contributed by atoms with van der Waals surface area (Å²) in [6, 6.07) is 13.7. The molecule has 2 aromatic rings. The second-order valence-electron chi connectivity index (χ2n) is 7.13. The number of ether oxygens (including phenoxy) is 2. The fourth-order valence-corrected chi connectivity index (χ4v) is 2.81. The van der Waals surface area contributed by atoms with E-state index in [1.807, 2.05) is 36.4 Å². The Morgan fingerprint density at radius 1 is 1.08 bits per heavy atom. The monoisotopic (exact) mass is 340 g/mol. The number of nitrogens with one attached hydrogen (secondary N) is 2. The van der Waals surface area contributed by atoms with E-state index in [0.29, 0.717) is 6.54 Å². The number of carbonyl (C=O) groups is 1. The molecule has 0 saturated heterocycles. The molecule has 0 saturated carbocycles. The molecule has 0 unspecified atom stereocenters. The van der Waals surface area contributed by atoms with Crippen LogP contribution in [0.1, 0.15) is 31.9 Å². The maximum atomic E-state index is 12.3. The second-order valence-corrected chi connectivity index (χ2v) is 7.13. The van der Waals surface area contributed by atoms with E-state index in [-0.39, 0.29) is 24.7 Å². The quantitative estimate of drug-likeness (QED) is 0.875. The summed E-state index contributed by atoms with van der Waals surface area (Å²) in [6.07, 6.45) is 0. The van der Waals surface area contributed by atoms with Gasteiger partial charge in [0.2, 0.25) is 12.7 Å². The lowest BCUT2D eigenvalue weighted by atomic mass is 9.86. The molecule has 0 aromatic heterocycles. The highest BCUT2D eigenvalue weighted by Crippen LogP contribution is 2.32. The first kappa shape index (κ1) is 17.3. The molecule has 3 rings (SSSR count). The van der Waals surface area contributed by atoms with Gasteiger partial charge in [0.05, 0.1) is 6.54 Å². The van der Waals surface area contributed by atoms with Gasteiger partial charge in [-0.2, -0.15) is 0 Å². The number of hydrogen-bond acceptors (Lipinski definition) is 4. The molecular weight excluding hydrogens is 316 g/mol. The summed E-state index contributed by atoms with van der Waals surface area (Å²) in [7, 11) is 0. The third-order valence-electron chi connectivity index (χ3n) is 4.06. The zero-order valence-electron chi connectivity index (χ0n) is 14.9. The van der Waals surface area contributed by atoms with E-state index in [1.165, 1.54) is 0 Å². The van der Waals surface area contributed by atoms with Crippen LogP contribution in [-0.2, 0) is 16.8 Å². The molecule has 25 heavy (non-hydrogen) atoms. The Hall–Kier alpha value is -2.53. The van der Waals surface area contributed by atoms with E-state index in [0.717, 1.165) is 28.3 Å². The Balaban J connectivity index is 1.54. The summed E-state index contributed by atoms with van der Waals surface area (Å²) in [5.41, 5.74) is 3.01. The van der Waals surface area contributed by atoms with Gasteiger partial charge in [-0.25, -0.2) is 0 Å². The van der Waals surface area contributed by atoms with E-state index >= 15 is 0 Å². The van der Waals surface area contributed by atoms with Gasteiger partial charge in [-0.1, -0.05) is 45.0 Å². The van der Waals surface area contributed by atoms with Crippen LogP contribution in [0.5, 0.6) is 11.5 Å². The van der Waals surface area contributed by atoms with Crippen molar-refractivity contribution in [2.45, 2.75) is 32.7 Å². The van der Waals surface area contributed by atoms with E-state index in [9.17, 15) is 4.79 Å². The van der Waals surface area contributed by atoms with Crippen molar-refractivity contribution in [3.63, 3.8) is 0 Å². The van der Waals surface area contributed by atoms with Crippen molar-refractivity contribution in [2.75, 3.05) is 18.7 Å². The fourth-order valence-electron chi connectivity index (χ4n) is 2.81. The second kappa shape index (κ2) is 7.15. The number of hydrogen-bond donors (Lipinski definition) is 2. The Bertz CT molecular complexity index is 766. The zero-order chi connectivity index (χ0) is 17.9. The minimum Gasteiger partial charge on any atom is -0.454 e. The van der Waals surface area contributed by atoms with Crippen molar-refractivity contribution in [3.8, 4) is 11.5 Å². The van der Waals surface area contributed by atoms with Gasteiger partial charge in [-0.15, -0.1) is 0 Å². The minimum atomic E-state index is -0.0579. The number of fused-ring (bicyclic) bond motifs is 1.